The van der Waals surface area contributed by atoms with E-state index in [0.717, 1.165) is 19.3 Å². The topological polar surface area (TPSA) is 90.7 Å². The van der Waals surface area contributed by atoms with Crippen LogP contribution in [-0.2, 0) is 0 Å². The molecule has 1 fully saturated rings. The number of carboxylic acids is 1. The van der Waals surface area contributed by atoms with Gasteiger partial charge >= 0.3 is 5.97 Å². The van der Waals surface area contributed by atoms with Crippen LogP contribution in [0, 0.1) is 0 Å². The molecule has 1 unspecified atom stereocenters. The standard InChI is InChI=1S/C14H18N2O4/c17-9-6-10-4-1-2-8-16(10)13(18)12-11(14(19)20)5-3-7-15-12/h3,5,7,10,17H,1-2,4,6,8-9H2,(H,19,20). The summed E-state index contributed by atoms with van der Waals surface area (Å²) in [6.07, 6.45) is 4.68. The SMILES string of the molecule is O=C(O)c1cccnc1C(=O)N1CCCCC1CCO. The smallest absolute Gasteiger partial charge is 0.338 e. The molecule has 0 saturated carbocycles. The zero-order valence-electron chi connectivity index (χ0n) is 11.2. The van der Waals surface area contributed by atoms with Crippen molar-refractivity contribution in [3.63, 3.8) is 0 Å². The van der Waals surface area contributed by atoms with Crippen LogP contribution < -0.4 is 0 Å². The van der Waals surface area contributed by atoms with E-state index >= 15 is 0 Å². The van der Waals surface area contributed by atoms with Crippen molar-refractivity contribution >= 4 is 11.9 Å². The number of rotatable bonds is 4. The molecule has 2 heterocycles. The average molecular weight is 278 g/mol. The van der Waals surface area contributed by atoms with Crippen LogP contribution in [0.1, 0.15) is 46.5 Å². The maximum absolute atomic E-state index is 12.5. The van der Waals surface area contributed by atoms with Crippen molar-refractivity contribution in [2.24, 2.45) is 0 Å². The molecule has 0 aliphatic carbocycles. The number of aliphatic hydroxyl groups is 1. The van der Waals surface area contributed by atoms with Gasteiger partial charge in [0.1, 0.15) is 5.69 Å². The van der Waals surface area contributed by atoms with Gasteiger partial charge < -0.3 is 15.1 Å². The fourth-order valence-electron chi connectivity index (χ4n) is 2.60. The Morgan fingerprint density at radius 2 is 2.20 bits per heavy atom. The molecule has 1 aliphatic rings. The lowest BCUT2D eigenvalue weighted by atomic mass is 9.98. The number of nitrogens with zero attached hydrogens (tertiary/aromatic N) is 2. The second-order valence-electron chi connectivity index (χ2n) is 4.87. The molecular formula is C14H18N2O4. The molecule has 0 aromatic carbocycles. The Kier molecular flexibility index (Phi) is 4.68. The number of hydrogen-bond donors (Lipinski definition) is 2. The largest absolute Gasteiger partial charge is 0.478 e. The maximum atomic E-state index is 12.5. The van der Waals surface area contributed by atoms with E-state index in [9.17, 15) is 9.59 Å². The van der Waals surface area contributed by atoms with Gasteiger partial charge in [-0.2, -0.15) is 0 Å². The summed E-state index contributed by atoms with van der Waals surface area (Å²) in [4.78, 5) is 29.3. The Balaban J connectivity index is 2.27. The fraction of sp³-hybridized carbons (Fsp3) is 0.500. The summed E-state index contributed by atoms with van der Waals surface area (Å²) in [5, 5.41) is 18.2. The van der Waals surface area contributed by atoms with E-state index in [1.54, 1.807) is 4.90 Å². The quantitative estimate of drug-likeness (QED) is 0.862. The first-order valence-electron chi connectivity index (χ1n) is 6.75. The molecule has 1 aliphatic heterocycles. The van der Waals surface area contributed by atoms with Crippen LogP contribution in [-0.4, -0.2) is 51.2 Å². The summed E-state index contributed by atoms with van der Waals surface area (Å²) < 4.78 is 0. The molecular weight excluding hydrogens is 260 g/mol. The van der Waals surface area contributed by atoms with Crippen LogP contribution in [0.5, 0.6) is 0 Å². The molecule has 108 valence electrons. The normalized spacial score (nSPS) is 18.9. The minimum Gasteiger partial charge on any atom is -0.478 e. The van der Waals surface area contributed by atoms with Crippen LogP contribution >= 0.6 is 0 Å². The highest BCUT2D eigenvalue weighted by atomic mass is 16.4. The number of carbonyl (C=O) groups is 2. The Morgan fingerprint density at radius 1 is 1.40 bits per heavy atom. The third kappa shape index (κ3) is 2.96. The first-order valence-corrected chi connectivity index (χ1v) is 6.75. The first-order chi connectivity index (χ1) is 9.65. The van der Waals surface area contributed by atoms with E-state index in [-0.39, 0.29) is 29.8 Å². The highest BCUT2D eigenvalue weighted by Crippen LogP contribution is 2.22. The summed E-state index contributed by atoms with van der Waals surface area (Å²) in [7, 11) is 0. The Hall–Kier alpha value is -1.95. The number of pyridine rings is 1. The average Bonchev–Trinajstić information content (AvgIpc) is 2.47. The summed E-state index contributed by atoms with van der Waals surface area (Å²) in [5.41, 5.74) is -0.101. The predicted molar refractivity (Wildman–Crippen MR) is 71.6 cm³/mol. The van der Waals surface area contributed by atoms with E-state index in [1.165, 1.54) is 18.3 Å². The molecule has 0 bridgehead atoms. The van der Waals surface area contributed by atoms with Crippen molar-refractivity contribution in [1.29, 1.82) is 0 Å². The Labute approximate surface area is 117 Å². The number of hydrogen-bond acceptors (Lipinski definition) is 4. The predicted octanol–water partition coefficient (Wildman–Crippen LogP) is 1.16. The number of aromatic nitrogens is 1. The number of carboxylic acid groups (broad SMARTS) is 1. The van der Waals surface area contributed by atoms with Crippen LogP contribution in [0.4, 0.5) is 0 Å². The minimum absolute atomic E-state index is 0.0163. The maximum Gasteiger partial charge on any atom is 0.338 e. The van der Waals surface area contributed by atoms with Gasteiger partial charge in [0.2, 0.25) is 0 Å². The van der Waals surface area contributed by atoms with Gasteiger partial charge in [-0.1, -0.05) is 0 Å². The third-order valence-electron chi connectivity index (χ3n) is 3.59. The molecule has 2 rings (SSSR count). The molecule has 2 N–H and O–H groups in total. The second-order valence-corrected chi connectivity index (χ2v) is 4.87. The number of amides is 1. The number of likely N-dealkylation sites (tertiary alicyclic amines) is 1. The lowest BCUT2D eigenvalue weighted by Gasteiger charge is -2.35. The summed E-state index contributed by atoms with van der Waals surface area (Å²) >= 11 is 0. The van der Waals surface area contributed by atoms with E-state index < -0.39 is 5.97 Å². The first kappa shape index (κ1) is 14.5. The van der Waals surface area contributed by atoms with E-state index in [4.69, 9.17) is 10.2 Å². The number of carbonyl (C=O) groups excluding carboxylic acids is 1. The van der Waals surface area contributed by atoms with E-state index in [2.05, 4.69) is 4.98 Å². The fourth-order valence-corrected chi connectivity index (χ4v) is 2.60. The molecule has 6 heteroatoms. The molecule has 1 aromatic rings. The van der Waals surface area contributed by atoms with Crippen molar-refractivity contribution in [2.45, 2.75) is 31.7 Å². The summed E-state index contributed by atoms with van der Waals surface area (Å²) in [6.45, 7) is 0.599. The van der Waals surface area contributed by atoms with Crippen LogP contribution in [0.15, 0.2) is 18.3 Å². The molecule has 20 heavy (non-hydrogen) atoms. The van der Waals surface area contributed by atoms with Crippen molar-refractivity contribution in [3.05, 3.63) is 29.6 Å². The van der Waals surface area contributed by atoms with Crippen molar-refractivity contribution < 1.29 is 19.8 Å². The third-order valence-corrected chi connectivity index (χ3v) is 3.59. The molecule has 1 amide bonds. The van der Waals surface area contributed by atoms with Crippen molar-refractivity contribution in [3.8, 4) is 0 Å². The molecule has 1 saturated heterocycles. The van der Waals surface area contributed by atoms with E-state index in [1.807, 2.05) is 0 Å². The Morgan fingerprint density at radius 3 is 2.90 bits per heavy atom. The van der Waals surface area contributed by atoms with Crippen LogP contribution in [0.2, 0.25) is 0 Å². The summed E-state index contributed by atoms with van der Waals surface area (Å²) in [6, 6.07) is 2.85. The Bertz CT molecular complexity index is 502. The van der Waals surface area contributed by atoms with Gasteiger partial charge in [-0.05, 0) is 37.8 Å². The van der Waals surface area contributed by atoms with Crippen LogP contribution in [0.25, 0.3) is 0 Å². The minimum atomic E-state index is -1.16. The number of aliphatic hydroxyl groups excluding tert-OH is 1. The highest BCUT2D eigenvalue weighted by Gasteiger charge is 2.30. The van der Waals surface area contributed by atoms with Gasteiger partial charge in [-0.25, -0.2) is 4.79 Å². The van der Waals surface area contributed by atoms with Gasteiger partial charge in [0, 0.05) is 25.4 Å². The summed E-state index contributed by atoms with van der Waals surface area (Å²) in [5.74, 6) is -1.52. The second kappa shape index (κ2) is 6.47. The number of aromatic carboxylic acids is 1. The molecule has 6 nitrogen and oxygen atoms in total. The van der Waals surface area contributed by atoms with Crippen molar-refractivity contribution in [1.82, 2.24) is 9.88 Å². The zero-order valence-corrected chi connectivity index (χ0v) is 11.2. The van der Waals surface area contributed by atoms with Gasteiger partial charge in [-0.15, -0.1) is 0 Å². The van der Waals surface area contributed by atoms with Gasteiger partial charge in [0.15, 0.2) is 0 Å². The zero-order chi connectivity index (χ0) is 14.5. The molecule has 0 radical (unpaired) electrons. The van der Waals surface area contributed by atoms with Crippen LogP contribution in [0.3, 0.4) is 0 Å². The monoisotopic (exact) mass is 278 g/mol. The lowest BCUT2D eigenvalue weighted by Crippen LogP contribution is -2.44. The lowest BCUT2D eigenvalue weighted by molar-refractivity contribution is 0.0554. The van der Waals surface area contributed by atoms with Gasteiger partial charge in [0.25, 0.3) is 5.91 Å². The van der Waals surface area contributed by atoms with Gasteiger partial charge in [0.05, 0.1) is 5.56 Å². The number of piperidine rings is 1. The van der Waals surface area contributed by atoms with Gasteiger partial charge in [-0.3, -0.25) is 9.78 Å². The highest BCUT2D eigenvalue weighted by molar-refractivity contribution is 6.03. The molecule has 0 spiro atoms. The molecule has 1 atom stereocenters. The van der Waals surface area contributed by atoms with E-state index in [0.29, 0.717) is 13.0 Å². The molecule has 1 aromatic heterocycles. The van der Waals surface area contributed by atoms with Crippen molar-refractivity contribution in [2.75, 3.05) is 13.2 Å².